The Morgan fingerprint density at radius 2 is 2.12 bits per heavy atom. The first-order valence-electron chi connectivity index (χ1n) is 5.77. The van der Waals surface area contributed by atoms with Gasteiger partial charge in [-0.3, -0.25) is 4.79 Å². The smallest absolute Gasteiger partial charge is 0.332 e. The Kier molecular flexibility index (Phi) is 7.15. The van der Waals surface area contributed by atoms with Gasteiger partial charge in [0.25, 0.3) is 0 Å². The lowest BCUT2D eigenvalue weighted by Gasteiger charge is -2.15. The van der Waals surface area contributed by atoms with Gasteiger partial charge in [0.1, 0.15) is 0 Å². The summed E-state index contributed by atoms with van der Waals surface area (Å²) in [6.45, 7) is 4.07. The standard InChI is InChI=1S/C11H20N2O3.ClH/c1-3-16-11(15)9(12)10(14)13-8-5-4-7(2)6-8;/h7-9H,3-6,12H2,1-2H3,(H,13,14);1H. The van der Waals surface area contributed by atoms with Gasteiger partial charge in [-0.2, -0.15) is 0 Å². The molecule has 5 nitrogen and oxygen atoms in total. The molecule has 1 aliphatic rings. The van der Waals surface area contributed by atoms with Crippen molar-refractivity contribution in [1.29, 1.82) is 0 Å². The van der Waals surface area contributed by atoms with Crippen molar-refractivity contribution in [2.24, 2.45) is 11.7 Å². The number of rotatable bonds is 4. The average Bonchev–Trinajstić information content (AvgIpc) is 2.63. The van der Waals surface area contributed by atoms with E-state index in [9.17, 15) is 9.59 Å². The first-order valence-corrected chi connectivity index (χ1v) is 5.77. The van der Waals surface area contributed by atoms with Crippen LogP contribution in [-0.2, 0) is 14.3 Å². The zero-order valence-corrected chi connectivity index (χ0v) is 11.1. The summed E-state index contributed by atoms with van der Waals surface area (Å²) < 4.78 is 4.69. The van der Waals surface area contributed by atoms with Crippen LogP contribution in [0.25, 0.3) is 0 Å². The van der Waals surface area contributed by atoms with Gasteiger partial charge in [0.15, 0.2) is 6.04 Å². The second-order valence-corrected chi connectivity index (χ2v) is 4.35. The van der Waals surface area contributed by atoms with Gasteiger partial charge in [-0.15, -0.1) is 12.4 Å². The first-order chi connectivity index (χ1) is 7.54. The summed E-state index contributed by atoms with van der Waals surface area (Å²) >= 11 is 0. The van der Waals surface area contributed by atoms with Crippen LogP contribution >= 0.6 is 12.4 Å². The molecule has 0 aromatic rings. The predicted molar refractivity (Wildman–Crippen MR) is 66.8 cm³/mol. The Hall–Kier alpha value is -0.810. The van der Waals surface area contributed by atoms with Crippen LogP contribution in [0.5, 0.6) is 0 Å². The summed E-state index contributed by atoms with van der Waals surface area (Å²) in [5.74, 6) is -0.465. The number of hydrogen-bond donors (Lipinski definition) is 2. The van der Waals surface area contributed by atoms with E-state index in [0.29, 0.717) is 5.92 Å². The summed E-state index contributed by atoms with van der Waals surface area (Å²) in [6.07, 6.45) is 3.03. The van der Waals surface area contributed by atoms with E-state index in [1.54, 1.807) is 6.92 Å². The Morgan fingerprint density at radius 1 is 1.47 bits per heavy atom. The van der Waals surface area contributed by atoms with Crippen LogP contribution in [0.4, 0.5) is 0 Å². The van der Waals surface area contributed by atoms with E-state index in [-0.39, 0.29) is 25.1 Å². The molecule has 0 heterocycles. The number of carbonyl (C=O) groups excluding carboxylic acids is 2. The van der Waals surface area contributed by atoms with Crippen molar-refractivity contribution in [2.75, 3.05) is 6.61 Å². The molecular formula is C11H21ClN2O3. The molecule has 0 bridgehead atoms. The second-order valence-electron chi connectivity index (χ2n) is 4.35. The number of esters is 1. The molecule has 6 heteroatoms. The van der Waals surface area contributed by atoms with Gasteiger partial charge in [-0.05, 0) is 32.1 Å². The highest BCUT2D eigenvalue weighted by molar-refractivity contribution is 6.01. The molecule has 0 saturated heterocycles. The molecule has 1 saturated carbocycles. The average molecular weight is 265 g/mol. The van der Waals surface area contributed by atoms with Crippen molar-refractivity contribution in [3.05, 3.63) is 0 Å². The van der Waals surface area contributed by atoms with Crippen molar-refractivity contribution in [1.82, 2.24) is 5.32 Å². The molecule has 100 valence electrons. The maximum atomic E-state index is 11.6. The zero-order valence-electron chi connectivity index (χ0n) is 10.3. The molecule has 0 aromatic heterocycles. The summed E-state index contributed by atoms with van der Waals surface area (Å²) in [5.41, 5.74) is 5.47. The zero-order chi connectivity index (χ0) is 12.1. The Morgan fingerprint density at radius 3 is 2.59 bits per heavy atom. The van der Waals surface area contributed by atoms with Crippen LogP contribution in [-0.4, -0.2) is 30.6 Å². The number of carbonyl (C=O) groups is 2. The van der Waals surface area contributed by atoms with Crippen LogP contribution in [0.3, 0.4) is 0 Å². The lowest BCUT2D eigenvalue weighted by Crippen LogP contribution is -2.49. The van der Waals surface area contributed by atoms with Crippen LogP contribution in [0, 0.1) is 5.92 Å². The van der Waals surface area contributed by atoms with Gasteiger partial charge >= 0.3 is 5.97 Å². The van der Waals surface area contributed by atoms with Gasteiger partial charge in [-0.1, -0.05) is 6.92 Å². The molecule has 1 aliphatic carbocycles. The van der Waals surface area contributed by atoms with Crippen molar-refractivity contribution in [3.8, 4) is 0 Å². The fourth-order valence-corrected chi connectivity index (χ4v) is 1.97. The third kappa shape index (κ3) is 4.91. The molecule has 1 rings (SSSR count). The minimum Gasteiger partial charge on any atom is -0.464 e. The van der Waals surface area contributed by atoms with E-state index in [4.69, 9.17) is 5.73 Å². The third-order valence-corrected chi connectivity index (χ3v) is 2.86. The molecular weight excluding hydrogens is 244 g/mol. The quantitative estimate of drug-likeness (QED) is 0.576. The molecule has 1 amide bonds. The van der Waals surface area contributed by atoms with Crippen molar-refractivity contribution in [2.45, 2.75) is 45.2 Å². The number of amides is 1. The normalized spacial score (nSPS) is 24.6. The highest BCUT2D eigenvalue weighted by atomic mass is 35.5. The number of halogens is 1. The van der Waals surface area contributed by atoms with Crippen LogP contribution in [0.1, 0.15) is 33.1 Å². The summed E-state index contributed by atoms with van der Waals surface area (Å²) in [6, 6.07) is -1.04. The van der Waals surface area contributed by atoms with E-state index < -0.39 is 17.9 Å². The van der Waals surface area contributed by atoms with E-state index in [0.717, 1.165) is 19.3 Å². The fraction of sp³-hybridized carbons (Fsp3) is 0.818. The number of ether oxygens (including phenoxy) is 1. The van der Waals surface area contributed by atoms with Crippen LogP contribution < -0.4 is 11.1 Å². The predicted octanol–water partition coefficient (Wildman–Crippen LogP) is 0.603. The van der Waals surface area contributed by atoms with E-state index in [2.05, 4.69) is 17.0 Å². The Bertz CT molecular complexity index is 273. The molecule has 1 fully saturated rings. The van der Waals surface area contributed by atoms with Gasteiger partial charge in [0.05, 0.1) is 6.61 Å². The largest absolute Gasteiger partial charge is 0.464 e. The Labute approximate surface area is 108 Å². The lowest BCUT2D eigenvalue weighted by atomic mass is 10.1. The molecule has 0 spiro atoms. The first kappa shape index (κ1) is 16.2. The number of nitrogens with two attached hydrogens (primary N) is 1. The number of nitrogens with one attached hydrogen (secondary N) is 1. The summed E-state index contributed by atoms with van der Waals surface area (Å²) in [5, 5.41) is 2.78. The molecule has 17 heavy (non-hydrogen) atoms. The van der Waals surface area contributed by atoms with Gasteiger partial charge in [0, 0.05) is 6.04 Å². The highest BCUT2D eigenvalue weighted by Crippen LogP contribution is 2.24. The summed E-state index contributed by atoms with van der Waals surface area (Å²) in [4.78, 5) is 22.8. The van der Waals surface area contributed by atoms with Crippen molar-refractivity contribution in [3.63, 3.8) is 0 Å². The van der Waals surface area contributed by atoms with Gasteiger partial charge in [-0.25, -0.2) is 4.79 Å². The topological polar surface area (TPSA) is 81.4 Å². The maximum Gasteiger partial charge on any atom is 0.332 e. The van der Waals surface area contributed by atoms with Crippen LogP contribution in [0.15, 0.2) is 0 Å². The summed E-state index contributed by atoms with van der Waals surface area (Å²) in [7, 11) is 0. The minimum absolute atomic E-state index is 0. The molecule has 3 unspecified atom stereocenters. The van der Waals surface area contributed by atoms with Crippen LogP contribution in [0.2, 0.25) is 0 Å². The van der Waals surface area contributed by atoms with E-state index >= 15 is 0 Å². The monoisotopic (exact) mass is 264 g/mol. The Balaban J connectivity index is 0.00000256. The van der Waals surface area contributed by atoms with E-state index in [1.807, 2.05) is 0 Å². The second kappa shape index (κ2) is 7.50. The minimum atomic E-state index is -1.20. The SMILES string of the molecule is CCOC(=O)C(N)C(=O)NC1CCC(C)C1.Cl. The van der Waals surface area contributed by atoms with Crippen molar-refractivity contribution >= 4 is 24.3 Å². The fourth-order valence-electron chi connectivity index (χ4n) is 1.97. The molecule has 0 aliphatic heterocycles. The third-order valence-electron chi connectivity index (χ3n) is 2.86. The van der Waals surface area contributed by atoms with Gasteiger partial charge in [0.2, 0.25) is 5.91 Å². The number of hydrogen-bond acceptors (Lipinski definition) is 4. The molecule has 0 radical (unpaired) electrons. The maximum absolute atomic E-state index is 11.6. The molecule has 0 aromatic carbocycles. The highest BCUT2D eigenvalue weighted by Gasteiger charge is 2.28. The van der Waals surface area contributed by atoms with E-state index in [1.165, 1.54) is 0 Å². The molecule has 3 N–H and O–H groups in total. The lowest BCUT2D eigenvalue weighted by molar-refractivity contribution is -0.148. The van der Waals surface area contributed by atoms with Crippen molar-refractivity contribution < 1.29 is 14.3 Å². The molecule has 3 atom stereocenters. The van der Waals surface area contributed by atoms with Gasteiger partial charge < -0.3 is 15.8 Å².